The second-order valence-electron chi connectivity index (χ2n) is 5.53. The SMILES string of the molecule is N#Cc1cnc(NC2CCN(C3CCOCC3)C2=O)c(Cl)c1. The number of ether oxygens (including phenoxy) is 1. The zero-order valence-corrected chi connectivity index (χ0v) is 12.8. The summed E-state index contributed by atoms with van der Waals surface area (Å²) >= 11 is 6.10. The average molecular weight is 321 g/mol. The molecule has 7 heteroatoms. The number of rotatable bonds is 3. The molecule has 0 spiro atoms. The minimum absolute atomic E-state index is 0.0918. The molecule has 6 nitrogen and oxygen atoms in total. The molecule has 3 heterocycles. The molecule has 0 aromatic carbocycles. The molecule has 0 bridgehead atoms. The van der Waals surface area contributed by atoms with Gasteiger partial charge in [0, 0.05) is 32.0 Å². The number of halogens is 1. The summed E-state index contributed by atoms with van der Waals surface area (Å²) in [5, 5.41) is 12.3. The lowest BCUT2D eigenvalue weighted by Gasteiger charge is -2.31. The molecule has 22 heavy (non-hydrogen) atoms. The number of nitrogens with one attached hydrogen (secondary N) is 1. The van der Waals surface area contributed by atoms with E-state index in [4.69, 9.17) is 21.6 Å². The van der Waals surface area contributed by atoms with Crippen molar-refractivity contribution < 1.29 is 9.53 Å². The van der Waals surface area contributed by atoms with Gasteiger partial charge in [-0.1, -0.05) is 11.6 Å². The zero-order chi connectivity index (χ0) is 15.5. The van der Waals surface area contributed by atoms with E-state index in [1.54, 1.807) is 6.07 Å². The first-order valence-corrected chi connectivity index (χ1v) is 7.77. The lowest BCUT2D eigenvalue weighted by molar-refractivity contribution is -0.131. The molecule has 3 rings (SSSR count). The van der Waals surface area contributed by atoms with Crippen molar-refractivity contribution in [2.45, 2.75) is 31.3 Å². The Balaban J connectivity index is 1.67. The van der Waals surface area contributed by atoms with Crippen LogP contribution in [0.3, 0.4) is 0 Å². The van der Waals surface area contributed by atoms with Gasteiger partial charge >= 0.3 is 0 Å². The second kappa shape index (κ2) is 6.51. The highest BCUT2D eigenvalue weighted by atomic mass is 35.5. The van der Waals surface area contributed by atoms with Crippen LogP contribution in [0.4, 0.5) is 5.82 Å². The van der Waals surface area contributed by atoms with E-state index < -0.39 is 0 Å². The Morgan fingerprint density at radius 2 is 2.18 bits per heavy atom. The average Bonchev–Trinajstić information content (AvgIpc) is 2.91. The third kappa shape index (κ3) is 3.01. The molecule has 2 saturated heterocycles. The number of amides is 1. The van der Waals surface area contributed by atoms with Crippen molar-refractivity contribution in [1.82, 2.24) is 9.88 Å². The van der Waals surface area contributed by atoms with Gasteiger partial charge in [-0.15, -0.1) is 0 Å². The van der Waals surface area contributed by atoms with E-state index >= 15 is 0 Å². The first-order chi connectivity index (χ1) is 10.7. The van der Waals surface area contributed by atoms with Gasteiger partial charge in [-0.25, -0.2) is 4.98 Å². The molecule has 2 aliphatic heterocycles. The number of anilines is 1. The summed E-state index contributed by atoms with van der Waals surface area (Å²) in [6.07, 6.45) is 3.97. The molecular formula is C15H17ClN4O2. The second-order valence-corrected chi connectivity index (χ2v) is 5.93. The standard InChI is InChI=1S/C15H17ClN4O2/c16-12-7-10(8-17)9-18-14(12)19-13-1-4-20(15(13)21)11-2-5-22-6-3-11/h7,9,11,13H,1-6H2,(H,18,19). The van der Waals surface area contributed by atoms with Crippen LogP contribution in [-0.2, 0) is 9.53 Å². The van der Waals surface area contributed by atoms with Crippen molar-refractivity contribution in [2.24, 2.45) is 0 Å². The van der Waals surface area contributed by atoms with Crippen molar-refractivity contribution in [3.05, 3.63) is 22.8 Å². The van der Waals surface area contributed by atoms with E-state index in [0.29, 0.717) is 16.4 Å². The quantitative estimate of drug-likeness (QED) is 0.918. The summed E-state index contributed by atoms with van der Waals surface area (Å²) in [5.41, 5.74) is 0.400. The Morgan fingerprint density at radius 3 is 2.86 bits per heavy atom. The van der Waals surface area contributed by atoms with Crippen LogP contribution in [0.15, 0.2) is 12.3 Å². The Bertz CT molecular complexity index is 610. The number of hydrogen-bond donors (Lipinski definition) is 1. The van der Waals surface area contributed by atoms with E-state index in [0.717, 1.165) is 39.0 Å². The van der Waals surface area contributed by atoms with E-state index in [2.05, 4.69) is 10.3 Å². The van der Waals surface area contributed by atoms with E-state index in [-0.39, 0.29) is 18.0 Å². The van der Waals surface area contributed by atoms with E-state index in [9.17, 15) is 4.79 Å². The number of nitriles is 1. The van der Waals surface area contributed by atoms with Crippen molar-refractivity contribution in [3.8, 4) is 6.07 Å². The molecule has 1 aromatic heterocycles. The van der Waals surface area contributed by atoms with Crippen LogP contribution in [0.5, 0.6) is 0 Å². The minimum atomic E-state index is -0.305. The number of likely N-dealkylation sites (tertiary alicyclic amines) is 1. The molecule has 0 saturated carbocycles. The van der Waals surface area contributed by atoms with Crippen LogP contribution < -0.4 is 5.32 Å². The molecule has 0 aliphatic carbocycles. The molecule has 1 aromatic rings. The molecule has 1 unspecified atom stereocenters. The molecule has 2 fully saturated rings. The predicted molar refractivity (Wildman–Crippen MR) is 81.5 cm³/mol. The highest BCUT2D eigenvalue weighted by molar-refractivity contribution is 6.33. The smallest absolute Gasteiger partial charge is 0.245 e. The Hall–Kier alpha value is -1.84. The maximum absolute atomic E-state index is 12.5. The zero-order valence-electron chi connectivity index (χ0n) is 12.1. The van der Waals surface area contributed by atoms with Crippen LogP contribution in [0.25, 0.3) is 0 Å². The first-order valence-electron chi connectivity index (χ1n) is 7.39. The summed E-state index contributed by atoms with van der Waals surface area (Å²) in [6.45, 7) is 2.18. The molecule has 1 N–H and O–H groups in total. The molecule has 1 amide bonds. The highest BCUT2D eigenvalue weighted by Crippen LogP contribution is 2.26. The predicted octanol–water partition coefficient (Wildman–Crippen LogP) is 1.80. The van der Waals surface area contributed by atoms with Crippen LogP contribution in [0.1, 0.15) is 24.8 Å². The molecular weight excluding hydrogens is 304 g/mol. The lowest BCUT2D eigenvalue weighted by atomic mass is 10.1. The fourth-order valence-electron chi connectivity index (χ4n) is 2.97. The van der Waals surface area contributed by atoms with Gasteiger partial charge < -0.3 is 15.0 Å². The fourth-order valence-corrected chi connectivity index (χ4v) is 3.19. The Labute approximate surface area is 134 Å². The van der Waals surface area contributed by atoms with Gasteiger partial charge in [0.05, 0.1) is 10.6 Å². The Kier molecular flexibility index (Phi) is 4.46. The van der Waals surface area contributed by atoms with Crippen molar-refractivity contribution in [1.29, 1.82) is 5.26 Å². The van der Waals surface area contributed by atoms with E-state index in [1.807, 2.05) is 11.0 Å². The maximum atomic E-state index is 12.5. The maximum Gasteiger partial charge on any atom is 0.245 e. The van der Waals surface area contributed by atoms with Gasteiger partial charge in [-0.3, -0.25) is 4.79 Å². The van der Waals surface area contributed by atoms with Crippen LogP contribution >= 0.6 is 11.6 Å². The van der Waals surface area contributed by atoms with E-state index in [1.165, 1.54) is 6.20 Å². The number of pyridine rings is 1. The third-order valence-electron chi connectivity index (χ3n) is 4.15. The summed E-state index contributed by atoms with van der Waals surface area (Å²) in [6, 6.07) is 3.50. The van der Waals surface area contributed by atoms with Gasteiger partial charge in [0.25, 0.3) is 0 Å². The Morgan fingerprint density at radius 1 is 1.41 bits per heavy atom. The van der Waals surface area contributed by atoms with Crippen molar-refractivity contribution in [3.63, 3.8) is 0 Å². The van der Waals surface area contributed by atoms with Gasteiger partial charge in [0.2, 0.25) is 5.91 Å². The largest absolute Gasteiger partial charge is 0.381 e. The number of aromatic nitrogens is 1. The summed E-state index contributed by atoms with van der Waals surface area (Å²) in [5.74, 6) is 0.543. The highest BCUT2D eigenvalue weighted by Gasteiger charge is 2.36. The van der Waals surface area contributed by atoms with Crippen LogP contribution in [-0.4, -0.2) is 47.6 Å². The van der Waals surface area contributed by atoms with Crippen molar-refractivity contribution in [2.75, 3.05) is 25.1 Å². The number of carbonyl (C=O) groups excluding carboxylic acids is 1. The topological polar surface area (TPSA) is 78.2 Å². The molecule has 1 atom stereocenters. The number of hydrogen-bond acceptors (Lipinski definition) is 5. The lowest BCUT2D eigenvalue weighted by Crippen LogP contribution is -2.43. The summed E-state index contributed by atoms with van der Waals surface area (Å²) in [4.78, 5) is 18.6. The summed E-state index contributed by atoms with van der Waals surface area (Å²) in [7, 11) is 0. The normalized spacial score (nSPS) is 22.6. The van der Waals surface area contributed by atoms with Gasteiger partial charge in [-0.2, -0.15) is 5.26 Å². The molecule has 0 radical (unpaired) electrons. The molecule has 2 aliphatic rings. The van der Waals surface area contributed by atoms with Gasteiger partial charge in [0.1, 0.15) is 17.9 Å². The monoisotopic (exact) mass is 320 g/mol. The minimum Gasteiger partial charge on any atom is -0.381 e. The number of carbonyl (C=O) groups is 1. The number of nitrogens with zero attached hydrogens (tertiary/aromatic N) is 3. The van der Waals surface area contributed by atoms with Crippen LogP contribution in [0, 0.1) is 11.3 Å². The molecule has 116 valence electrons. The fraction of sp³-hybridized carbons (Fsp3) is 0.533. The van der Waals surface area contributed by atoms with Gasteiger partial charge in [-0.05, 0) is 25.3 Å². The first kappa shape index (κ1) is 15.1. The van der Waals surface area contributed by atoms with Crippen molar-refractivity contribution >= 4 is 23.3 Å². The van der Waals surface area contributed by atoms with Crippen LogP contribution in [0.2, 0.25) is 5.02 Å². The van der Waals surface area contributed by atoms with Gasteiger partial charge in [0.15, 0.2) is 0 Å². The summed E-state index contributed by atoms with van der Waals surface area (Å²) < 4.78 is 5.35. The third-order valence-corrected chi connectivity index (χ3v) is 4.44.